The van der Waals surface area contributed by atoms with Crippen molar-refractivity contribution < 1.29 is 12.8 Å². The summed E-state index contributed by atoms with van der Waals surface area (Å²) in [6.07, 6.45) is 4.30. The maximum atomic E-state index is 13.1. The smallest absolute Gasteiger partial charge is 0.247 e. The van der Waals surface area contributed by atoms with Gasteiger partial charge in [0.15, 0.2) is 0 Å². The molecule has 1 fully saturated rings. The van der Waals surface area contributed by atoms with Crippen molar-refractivity contribution in [1.82, 2.24) is 24.5 Å². The highest BCUT2D eigenvalue weighted by Gasteiger charge is 2.30. The molecule has 12 heteroatoms. The van der Waals surface area contributed by atoms with Crippen molar-refractivity contribution in [2.75, 3.05) is 18.4 Å². The Morgan fingerprint density at radius 3 is 2.57 bits per heavy atom. The van der Waals surface area contributed by atoms with E-state index in [1.807, 2.05) is 0 Å². The predicted molar refractivity (Wildman–Crippen MR) is 112 cm³/mol. The van der Waals surface area contributed by atoms with E-state index in [0.29, 0.717) is 42.5 Å². The highest BCUT2D eigenvalue weighted by Crippen LogP contribution is 2.26. The van der Waals surface area contributed by atoms with Gasteiger partial charge in [-0.2, -0.15) is 4.31 Å². The van der Waals surface area contributed by atoms with Crippen molar-refractivity contribution in [3.05, 3.63) is 47.6 Å². The number of piperidine rings is 1. The minimum absolute atomic E-state index is 0.0799. The first-order valence-corrected chi connectivity index (χ1v) is 11.5. The van der Waals surface area contributed by atoms with Crippen LogP contribution in [0.3, 0.4) is 0 Å². The summed E-state index contributed by atoms with van der Waals surface area (Å²) in [5, 5.41) is 11.4. The molecule has 1 aromatic carbocycles. The molecule has 0 unspecified atom stereocenters. The Morgan fingerprint density at radius 2 is 1.90 bits per heavy atom. The van der Waals surface area contributed by atoms with Gasteiger partial charge in [0.1, 0.15) is 5.88 Å². The zero-order valence-electron chi connectivity index (χ0n) is 15.7. The van der Waals surface area contributed by atoms with E-state index in [1.165, 1.54) is 22.8 Å². The fourth-order valence-corrected chi connectivity index (χ4v) is 4.89. The van der Waals surface area contributed by atoms with Crippen LogP contribution in [0.4, 0.5) is 5.95 Å². The maximum Gasteiger partial charge on any atom is 0.247 e. The van der Waals surface area contributed by atoms with Gasteiger partial charge >= 0.3 is 0 Å². The summed E-state index contributed by atoms with van der Waals surface area (Å²) in [5.41, 5.74) is 0.524. The molecule has 0 spiro atoms. The largest absolute Gasteiger partial charge is 0.419 e. The molecule has 0 amide bonds. The van der Waals surface area contributed by atoms with Crippen LogP contribution in [0, 0.1) is 0 Å². The van der Waals surface area contributed by atoms with Crippen LogP contribution >= 0.6 is 23.2 Å². The van der Waals surface area contributed by atoms with Gasteiger partial charge in [-0.25, -0.2) is 18.4 Å². The van der Waals surface area contributed by atoms with Crippen molar-refractivity contribution in [1.29, 1.82) is 0 Å². The van der Waals surface area contributed by atoms with Crippen LogP contribution in [0.5, 0.6) is 0 Å². The van der Waals surface area contributed by atoms with Crippen molar-refractivity contribution in [2.24, 2.45) is 0 Å². The van der Waals surface area contributed by atoms with E-state index >= 15 is 0 Å². The monoisotopic (exact) mass is 468 g/mol. The molecule has 0 radical (unpaired) electrons. The normalized spacial score (nSPS) is 15.9. The molecule has 0 atom stereocenters. The molecular formula is C18H18Cl2N6O3S. The zero-order chi connectivity index (χ0) is 21.1. The number of alkyl halides is 1. The molecule has 1 saturated heterocycles. The number of nitrogens with zero attached hydrogens (tertiary/aromatic N) is 5. The van der Waals surface area contributed by atoms with Gasteiger partial charge < -0.3 is 9.73 Å². The molecule has 158 valence electrons. The topological polar surface area (TPSA) is 114 Å². The lowest BCUT2D eigenvalue weighted by atomic mass is 10.1. The Bertz CT molecular complexity index is 1110. The van der Waals surface area contributed by atoms with E-state index in [-0.39, 0.29) is 28.6 Å². The molecule has 0 aliphatic carbocycles. The summed E-state index contributed by atoms with van der Waals surface area (Å²) in [5.74, 6) is 1.08. The Balaban J connectivity index is 1.44. The molecule has 9 nitrogen and oxygen atoms in total. The molecule has 0 saturated carbocycles. The number of aromatic nitrogens is 4. The van der Waals surface area contributed by atoms with E-state index < -0.39 is 10.0 Å². The minimum Gasteiger partial charge on any atom is -0.419 e. The van der Waals surface area contributed by atoms with E-state index in [2.05, 4.69) is 25.5 Å². The van der Waals surface area contributed by atoms with Gasteiger partial charge in [-0.15, -0.1) is 21.8 Å². The molecule has 30 heavy (non-hydrogen) atoms. The number of anilines is 1. The second-order valence-electron chi connectivity index (χ2n) is 6.71. The van der Waals surface area contributed by atoms with Crippen LogP contribution in [0.2, 0.25) is 5.02 Å². The van der Waals surface area contributed by atoms with Gasteiger partial charge in [-0.1, -0.05) is 17.7 Å². The third-order valence-electron chi connectivity index (χ3n) is 4.71. The van der Waals surface area contributed by atoms with Gasteiger partial charge in [0.2, 0.25) is 27.8 Å². The third-order valence-corrected chi connectivity index (χ3v) is 7.03. The first-order valence-electron chi connectivity index (χ1n) is 9.19. The zero-order valence-corrected chi connectivity index (χ0v) is 18.0. The standard InChI is InChI=1S/C18H18Cl2N6O3S/c19-9-16-24-25-17(29-16)12-2-1-3-15(8-12)30(27,28)26-6-4-14(5-7-26)23-18-21-10-13(20)11-22-18/h1-3,8,10-11,14H,4-7,9H2,(H,21,22,23). The van der Waals surface area contributed by atoms with Crippen LogP contribution in [0.1, 0.15) is 18.7 Å². The number of hydrogen-bond donors (Lipinski definition) is 1. The minimum atomic E-state index is -3.65. The third kappa shape index (κ3) is 4.56. The number of sulfonamides is 1. The summed E-state index contributed by atoms with van der Waals surface area (Å²) in [4.78, 5) is 8.42. The summed E-state index contributed by atoms with van der Waals surface area (Å²) < 4.78 is 33.1. The Hall–Kier alpha value is -2.27. The fourth-order valence-electron chi connectivity index (χ4n) is 3.17. The SMILES string of the molecule is O=S(=O)(c1cccc(-c2nnc(CCl)o2)c1)N1CCC(Nc2ncc(Cl)cn2)CC1. The summed E-state index contributed by atoms with van der Waals surface area (Å²) in [7, 11) is -3.65. The average molecular weight is 469 g/mol. The molecule has 3 heterocycles. The molecule has 0 bridgehead atoms. The lowest BCUT2D eigenvalue weighted by Gasteiger charge is -2.31. The molecule has 1 aliphatic heterocycles. The van der Waals surface area contributed by atoms with E-state index in [1.54, 1.807) is 18.2 Å². The Labute approximate surface area is 183 Å². The maximum absolute atomic E-state index is 13.1. The number of halogens is 2. The lowest BCUT2D eigenvalue weighted by Crippen LogP contribution is -2.42. The molecule has 3 aromatic rings. The Morgan fingerprint density at radius 1 is 1.17 bits per heavy atom. The van der Waals surface area contributed by atoms with E-state index in [4.69, 9.17) is 27.6 Å². The fraction of sp³-hybridized carbons (Fsp3) is 0.333. The summed E-state index contributed by atoms with van der Waals surface area (Å²) in [6, 6.07) is 6.54. The quantitative estimate of drug-likeness (QED) is 0.548. The van der Waals surface area contributed by atoms with Gasteiger partial charge in [0, 0.05) is 24.7 Å². The molecule has 4 rings (SSSR count). The van der Waals surface area contributed by atoms with E-state index in [9.17, 15) is 8.42 Å². The second-order valence-corrected chi connectivity index (χ2v) is 9.35. The molecular weight excluding hydrogens is 451 g/mol. The highest BCUT2D eigenvalue weighted by atomic mass is 35.5. The van der Waals surface area contributed by atoms with Crippen molar-refractivity contribution in [3.8, 4) is 11.5 Å². The van der Waals surface area contributed by atoms with Gasteiger partial charge in [-0.05, 0) is 31.0 Å². The van der Waals surface area contributed by atoms with Crippen LogP contribution in [0.25, 0.3) is 11.5 Å². The van der Waals surface area contributed by atoms with Gasteiger partial charge in [-0.3, -0.25) is 0 Å². The number of hydrogen-bond acceptors (Lipinski definition) is 8. The van der Waals surface area contributed by atoms with Crippen molar-refractivity contribution in [3.63, 3.8) is 0 Å². The second kappa shape index (κ2) is 8.84. The Kier molecular flexibility index (Phi) is 6.19. The summed E-state index contributed by atoms with van der Waals surface area (Å²) >= 11 is 11.5. The first-order chi connectivity index (χ1) is 14.5. The van der Waals surface area contributed by atoms with Crippen LogP contribution in [-0.4, -0.2) is 52.0 Å². The highest BCUT2D eigenvalue weighted by molar-refractivity contribution is 7.89. The molecule has 2 aromatic heterocycles. The van der Waals surface area contributed by atoms with Crippen LogP contribution < -0.4 is 5.32 Å². The summed E-state index contributed by atoms with van der Waals surface area (Å²) in [6.45, 7) is 0.767. The van der Waals surface area contributed by atoms with Crippen LogP contribution in [-0.2, 0) is 15.9 Å². The predicted octanol–water partition coefficient (Wildman–Crippen LogP) is 3.18. The van der Waals surface area contributed by atoms with Crippen LogP contribution in [0.15, 0.2) is 46.0 Å². The average Bonchev–Trinajstić information content (AvgIpc) is 3.25. The van der Waals surface area contributed by atoms with Gasteiger partial charge in [0.05, 0.1) is 22.3 Å². The van der Waals surface area contributed by atoms with Gasteiger partial charge in [0.25, 0.3) is 0 Å². The first kappa shape index (κ1) is 21.0. The molecule has 1 aliphatic rings. The van der Waals surface area contributed by atoms with E-state index in [0.717, 1.165) is 0 Å². The number of nitrogens with one attached hydrogen (secondary N) is 1. The lowest BCUT2D eigenvalue weighted by molar-refractivity contribution is 0.329. The van der Waals surface area contributed by atoms with Crippen molar-refractivity contribution >= 4 is 39.2 Å². The number of rotatable bonds is 6. The number of benzene rings is 1. The van der Waals surface area contributed by atoms with Crippen molar-refractivity contribution in [2.45, 2.75) is 29.7 Å². The molecule has 1 N–H and O–H groups in total.